The van der Waals surface area contributed by atoms with Crippen LogP contribution in [0.1, 0.15) is 29.4 Å². The maximum absolute atomic E-state index is 11.7. The molecule has 2 nitrogen and oxygen atoms in total. The van der Waals surface area contributed by atoms with Gasteiger partial charge in [0, 0.05) is 11.8 Å². The van der Waals surface area contributed by atoms with E-state index < -0.39 is 5.97 Å². The monoisotopic (exact) mass is 278 g/mol. The first kappa shape index (κ1) is 13.6. The molecule has 0 aliphatic heterocycles. The number of carboxylic acid groups (broad SMARTS) is 1. The van der Waals surface area contributed by atoms with Crippen LogP contribution in [0.5, 0.6) is 0 Å². The van der Waals surface area contributed by atoms with Gasteiger partial charge in [0.25, 0.3) is 0 Å². The molecule has 2 aromatic carbocycles. The molecule has 1 aliphatic rings. The minimum atomic E-state index is -0.714. The van der Waals surface area contributed by atoms with Gasteiger partial charge in [0.2, 0.25) is 0 Å². The van der Waals surface area contributed by atoms with Gasteiger partial charge in [-0.25, -0.2) is 0 Å². The molecular weight excluding hydrogens is 260 g/mol. The minimum absolute atomic E-state index is 0.0383. The van der Waals surface area contributed by atoms with Crippen LogP contribution in [0.3, 0.4) is 0 Å². The highest BCUT2D eigenvalue weighted by atomic mass is 16.4. The highest BCUT2D eigenvalue weighted by molar-refractivity contribution is 5.72. The molecule has 0 aromatic heterocycles. The number of benzene rings is 2. The quantitative estimate of drug-likeness (QED) is 0.854. The summed E-state index contributed by atoms with van der Waals surface area (Å²) in [6, 6.07) is 20.0. The van der Waals surface area contributed by atoms with E-state index in [1.807, 2.05) is 48.5 Å². The molecular formula is C19H18O2. The first-order valence-corrected chi connectivity index (χ1v) is 7.26. The molecule has 106 valence electrons. The van der Waals surface area contributed by atoms with Crippen molar-refractivity contribution in [3.63, 3.8) is 0 Å². The zero-order valence-corrected chi connectivity index (χ0v) is 11.7. The summed E-state index contributed by atoms with van der Waals surface area (Å²) in [5.74, 6) is -0.937. The van der Waals surface area contributed by atoms with Crippen molar-refractivity contribution in [3.05, 3.63) is 83.9 Å². The minimum Gasteiger partial charge on any atom is -0.481 e. The van der Waals surface area contributed by atoms with E-state index in [1.165, 1.54) is 5.56 Å². The lowest BCUT2D eigenvalue weighted by Crippen LogP contribution is -2.26. The maximum atomic E-state index is 11.7. The van der Waals surface area contributed by atoms with Gasteiger partial charge in [0.1, 0.15) is 0 Å². The molecule has 0 saturated carbocycles. The van der Waals surface area contributed by atoms with Crippen LogP contribution in [0.15, 0.2) is 72.8 Å². The second-order valence-corrected chi connectivity index (χ2v) is 5.52. The predicted molar refractivity (Wildman–Crippen MR) is 83.2 cm³/mol. The van der Waals surface area contributed by atoms with Gasteiger partial charge in [0.15, 0.2) is 0 Å². The predicted octanol–water partition coefficient (Wildman–Crippen LogP) is 4.21. The standard InChI is InChI=1S/C19H18O2/c20-19(21)18-13-16(14-7-3-1-4-8-14)11-12-17(18)15-9-5-2-6-10-15/h1-12,16-18H,13H2,(H,20,21). The first-order chi connectivity index (χ1) is 10.3. The highest BCUT2D eigenvalue weighted by Crippen LogP contribution is 2.39. The summed E-state index contributed by atoms with van der Waals surface area (Å²) in [7, 11) is 0. The fraction of sp³-hybridized carbons (Fsp3) is 0.211. The Bertz CT molecular complexity index is 631. The molecule has 3 rings (SSSR count). The molecule has 2 aromatic rings. The Morgan fingerprint density at radius 2 is 1.43 bits per heavy atom. The second-order valence-electron chi connectivity index (χ2n) is 5.52. The molecule has 3 unspecified atom stereocenters. The fourth-order valence-electron chi connectivity index (χ4n) is 3.11. The summed E-state index contributed by atoms with van der Waals surface area (Å²) in [5.41, 5.74) is 2.26. The van der Waals surface area contributed by atoms with Crippen LogP contribution in [0.25, 0.3) is 0 Å². The smallest absolute Gasteiger partial charge is 0.307 e. The molecule has 1 N–H and O–H groups in total. The number of rotatable bonds is 3. The van der Waals surface area contributed by atoms with Crippen LogP contribution < -0.4 is 0 Å². The molecule has 2 heteroatoms. The zero-order valence-electron chi connectivity index (χ0n) is 11.7. The van der Waals surface area contributed by atoms with Crippen LogP contribution in [0, 0.1) is 5.92 Å². The lowest BCUT2D eigenvalue weighted by atomic mass is 9.74. The van der Waals surface area contributed by atoms with E-state index in [0.29, 0.717) is 6.42 Å². The van der Waals surface area contributed by atoms with Gasteiger partial charge in [-0.2, -0.15) is 0 Å². The van der Waals surface area contributed by atoms with Crippen LogP contribution in [-0.4, -0.2) is 11.1 Å². The topological polar surface area (TPSA) is 37.3 Å². The molecule has 0 bridgehead atoms. The van der Waals surface area contributed by atoms with Gasteiger partial charge in [-0.1, -0.05) is 72.8 Å². The Hall–Kier alpha value is -2.35. The fourth-order valence-corrected chi connectivity index (χ4v) is 3.11. The lowest BCUT2D eigenvalue weighted by molar-refractivity contribution is -0.142. The van der Waals surface area contributed by atoms with Crippen molar-refractivity contribution < 1.29 is 9.90 Å². The Morgan fingerprint density at radius 1 is 0.857 bits per heavy atom. The van der Waals surface area contributed by atoms with Crippen molar-refractivity contribution in [3.8, 4) is 0 Å². The van der Waals surface area contributed by atoms with Gasteiger partial charge in [-0.05, 0) is 17.5 Å². The molecule has 0 fully saturated rings. The van der Waals surface area contributed by atoms with Gasteiger partial charge in [0.05, 0.1) is 5.92 Å². The van der Waals surface area contributed by atoms with E-state index in [1.54, 1.807) is 0 Å². The van der Waals surface area contributed by atoms with Crippen LogP contribution in [0.2, 0.25) is 0 Å². The van der Waals surface area contributed by atoms with E-state index in [9.17, 15) is 9.90 Å². The third-order valence-electron chi connectivity index (χ3n) is 4.22. The average Bonchev–Trinajstić information content (AvgIpc) is 2.56. The van der Waals surface area contributed by atoms with E-state index in [0.717, 1.165) is 5.56 Å². The second kappa shape index (κ2) is 5.96. The van der Waals surface area contributed by atoms with Gasteiger partial charge >= 0.3 is 5.97 Å². The third kappa shape index (κ3) is 2.89. The normalized spacial score (nSPS) is 24.7. The van der Waals surface area contributed by atoms with Crippen molar-refractivity contribution >= 4 is 5.97 Å². The third-order valence-corrected chi connectivity index (χ3v) is 4.22. The van der Waals surface area contributed by atoms with Crippen molar-refractivity contribution in [1.29, 1.82) is 0 Å². The largest absolute Gasteiger partial charge is 0.481 e. The number of carbonyl (C=O) groups is 1. The van der Waals surface area contributed by atoms with Gasteiger partial charge < -0.3 is 5.11 Å². The van der Waals surface area contributed by atoms with Crippen molar-refractivity contribution in [1.82, 2.24) is 0 Å². The Balaban J connectivity index is 1.92. The summed E-state index contributed by atoms with van der Waals surface area (Å²) in [4.78, 5) is 11.7. The summed E-state index contributed by atoms with van der Waals surface area (Å²) in [5, 5.41) is 9.60. The molecule has 21 heavy (non-hydrogen) atoms. The SMILES string of the molecule is O=C(O)C1CC(c2ccccc2)C=CC1c1ccccc1. The number of hydrogen-bond acceptors (Lipinski definition) is 1. The molecule has 0 amide bonds. The van der Waals surface area contributed by atoms with E-state index in [4.69, 9.17) is 0 Å². The average molecular weight is 278 g/mol. The van der Waals surface area contributed by atoms with Gasteiger partial charge in [-0.15, -0.1) is 0 Å². The van der Waals surface area contributed by atoms with E-state index in [2.05, 4.69) is 24.3 Å². The zero-order chi connectivity index (χ0) is 14.7. The van der Waals surface area contributed by atoms with Crippen molar-refractivity contribution in [2.75, 3.05) is 0 Å². The van der Waals surface area contributed by atoms with Crippen LogP contribution >= 0.6 is 0 Å². The lowest BCUT2D eigenvalue weighted by Gasteiger charge is -2.29. The number of allylic oxidation sites excluding steroid dienone is 2. The van der Waals surface area contributed by atoms with Crippen molar-refractivity contribution in [2.45, 2.75) is 18.3 Å². The van der Waals surface area contributed by atoms with Crippen LogP contribution in [-0.2, 0) is 4.79 Å². The van der Waals surface area contributed by atoms with Gasteiger partial charge in [-0.3, -0.25) is 4.79 Å². The number of carboxylic acids is 1. The van der Waals surface area contributed by atoms with Crippen LogP contribution in [0.4, 0.5) is 0 Å². The summed E-state index contributed by atoms with van der Waals surface area (Å²) in [6.45, 7) is 0. The summed E-state index contributed by atoms with van der Waals surface area (Å²) >= 11 is 0. The summed E-state index contributed by atoms with van der Waals surface area (Å²) in [6.07, 6.45) is 4.87. The number of hydrogen-bond donors (Lipinski definition) is 1. The van der Waals surface area contributed by atoms with E-state index >= 15 is 0 Å². The Labute approximate surface area is 124 Å². The highest BCUT2D eigenvalue weighted by Gasteiger charge is 2.33. The first-order valence-electron chi connectivity index (χ1n) is 7.26. The maximum Gasteiger partial charge on any atom is 0.307 e. The molecule has 0 spiro atoms. The molecule has 3 atom stereocenters. The Kier molecular flexibility index (Phi) is 3.87. The van der Waals surface area contributed by atoms with E-state index in [-0.39, 0.29) is 17.8 Å². The molecule has 0 heterocycles. The molecule has 0 saturated heterocycles. The molecule has 1 aliphatic carbocycles. The Morgan fingerprint density at radius 3 is 2.00 bits per heavy atom. The number of aliphatic carboxylic acids is 1. The van der Waals surface area contributed by atoms with Crippen molar-refractivity contribution in [2.24, 2.45) is 5.92 Å². The molecule has 0 radical (unpaired) electrons. The summed E-state index contributed by atoms with van der Waals surface area (Å²) < 4.78 is 0.